The van der Waals surface area contributed by atoms with Crippen molar-refractivity contribution >= 4 is 5.78 Å². The minimum absolute atomic E-state index is 0.329. The zero-order chi connectivity index (χ0) is 8.97. The Balaban J connectivity index is 2.33. The largest absolute Gasteiger partial charge is 0.295 e. The van der Waals surface area contributed by atoms with E-state index in [0.717, 1.165) is 36.8 Å². The van der Waals surface area contributed by atoms with Crippen LogP contribution in [-0.4, -0.2) is 5.78 Å². The van der Waals surface area contributed by atoms with E-state index in [4.69, 9.17) is 0 Å². The molecule has 0 atom stereocenters. The summed E-state index contributed by atoms with van der Waals surface area (Å²) in [5.41, 5.74) is 2.15. The molecule has 1 aliphatic rings. The molecule has 1 aliphatic carbocycles. The van der Waals surface area contributed by atoms with Gasteiger partial charge in [-0.2, -0.15) is 0 Å². The molecule has 0 aromatic heterocycles. The molecule has 0 spiro atoms. The van der Waals surface area contributed by atoms with Gasteiger partial charge in [-0.3, -0.25) is 4.79 Å². The van der Waals surface area contributed by atoms with Crippen molar-refractivity contribution in [2.75, 3.05) is 0 Å². The molecular weight excluding hydrogens is 148 g/mol. The Morgan fingerprint density at radius 3 is 2.83 bits per heavy atom. The third-order valence-electron chi connectivity index (χ3n) is 2.18. The summed E-state index contributed by atoms with van der Waals surface area (Å²) >= 11 is 0. The van der Waals surface area contributed by atoms with Crippen LogP contribution in [-0.2, 0) is 4.79 Å². The fourth-order valence-corrected chi connectivity index (χ4v) is 1.41. The van der Waals surface area contributed by atoms with Gasteiger partial charge in [0.05, 0.1) is 0 Å². The Hall–Kier alpha value is -0.850. The van der Waals surface area contributed by atoms with E-state index < -0.39 is 0 Å². The SMILES string of the molecule is C=C(C)CCC(=O)C1=CCCC1. The molecular formula is C11H16O. The molecule has 0 amide bonds. The van der Waals surface area contributed by atoms with Gasteiger partial charge in [-0.1, -0.05) is 11.6 Å². The molecule has 1 nitrogen and oxygen atoms in total. The highest BCUT2D eigenvalue weighted by atomic mass is 16.1. The van der Waals surface area contributed by atoms with Gasteiger partial charge in [-0.05, 0) is 38.2 Å². The van der Waals surface area contributed by atoms with Gasteiger partial charge in [0.15, 0.2) is 5.78 Å². The third-order valence-corrected chi connectivity index (χ3v) is 2.18. The summed E-state index contributed by atoms with van der Waals surface area (Å²) in [5.74, 6) is 0.329. The molecule has 66 valence electrons. The normalized spacial score (nSPS) is 15.9. The van der Waals surface area contributed by atoms with Crippen LogP contribution < -0.4 is 0 Å². The highest BCUT2D eigenvalue weighted by molar-refractivity contribution is 5.95. The lowest BCUT2D eigenvalue weighted by Crippen LogP contribution is -2.00. The Morgan fingerprint density at radius 2 is 2.33 bits per heavy atom. The van der Waals surface area contributed by atoms with E-state index in [2.05, 4.69) is 12.7 Å². The first-order valence-corrected chi connectivity index (χ1v) is 4.57. The Labute approximate surface area is 74.2 Å². The second-order valence-electron chi connectivity index (χ2n) is 3.50. The van der Waals surface area contributed by atoms with Crippen LogP contribution in [0.5, 0.6) is 0 Å². The number of carbonyl (C=O) groups is 1. The molecule has 0 heterocycles. The predicted octanol–water partition coefficient (Wildman–Crippen LogP) is 3.02. The molecule has 0 aromatic carbocycles. The van der Waals surface area contributed by atoms with Crippen LogP contribution in [0.2, 0.25) is 0 Å². The maximum Gasteiger partial charge on any atom is 0.158 e. The summed E-state index contributed by atoms with van der Waals surface area (Å²) in [4.78, 5) is 11.4. The van der Waals surface area contributed by atoms with E-state index in [1.54, 1.807) is 0 Å². The molecule has 0 aromatic rings. The fourth-order valence-electron chi connectivity index (χ4n) is 1.41. The first-order chi connectivity index (χ1) is 5.70. The summed E-state index contributed by atoms with van der Waals surface area (Å²) < 4.78 is 0. The van der Waals surface area contributed by atoms with E-state index in [-0.39, 0.29) is 0 Å². The minimum Gasteiger partial charge on any atom is -0.295 e. The topological polar surface area (TPSA) is 17.1 Å². The monoisotopic (exact) mass is 164 g/mol. The Kier molecular flexibility index (Phi) is 3.27. The van der Waals surface area contributed by atoms with Crippen LogP contribution in [0, 0.1) is 0 Å². The van der Waals surface area contributed by atoms with Gasteiger partial charge in [-0.15, -0.1) is 6.58 Å². The van der Waals surface area contributed by atoms with Gasteiger partial charge in [0.1, 0.15) is 0 Å². The van der Waals surface area contributed by atoms with Crippen LogP contribution in [0.3, 0.4) is 0 Å². The maximum atomic E-state index is 11.4. The molecule has 0 fully saturated rings. The summed E-state index contributed by atoms with van der Waals surface area (Å²) in [7, 11) is 0. The summed E-state index contributed by atoms with van der Waals surface area (Å²) in [5, 5.41) is 0. The number of allylic oxidation sites excluding steroid dienone is 3. The summed E-state index contributed by atoms with van der Waals surface area (Å²) in [6.07, 6.45) is 6.83. The number of rotatable bonds is 4. The molecule has 0 bridgehead atoms. The molecule has 0 radical (unpaired) electrons. The smallest absolute Gasteiger partial charge is 0.158 e. The van der Waals surface area contributed by atoms with Crippen LogP contribution in [0.25, 0.3) is 0 Å². The van der Waals surface area contributed by atoms with Crippen LogP contribution >= 0.6 is 0 Å². The lowest BCUT2D eigenvalue weighted by Gasteiger charge is -2.00. The number of ketones is 1. The van der Waals surface area contributed by atoms with Crippen LogP contribution in [0.4, 0.5) is 0 Å². The van der Waals surface area contributed by atoms with Crippen molar-refractivity contribution in [2.24, 2.45) is 0 Å². The second kappa shape index (κ2) is 4.24. The van der Waals surface area contributed by atoms with Crippen molar-refractivity contribution in [2.45, 2.75) is 39.0 Å². The van der Waals surface area contributed by atoms with Crippen molar-refractivity contribution in [3.05, 3.63) is 23.8 Å². The van der Waals surface area contributed by atoms with Crippen LogP contribution in [0.1, 0.15) is 39.0 Å². The first-order valence-electron chi connectivity index (χ1n) is 4.57. The number of carbonyl (C=O) groups excluding carboxylic acids is 1. The van der Waals surface area contributed by atoms with Gasteiger partial charge in [0.2, 0.25) is 0 Å². The van der Waals surface area contributed by atoms with Crippen molar-refractivity contribution in [1.29, 1.82) is 0 Å². The van der Waals surface area contributed by atoms with E-state index >= 15 is 0 Å². The molecule has 0 saturated carbocycles. The van der Waals surface area contributed by atoms with Crippen molar-refractivity contribution in [3.63, 3.8) is 0 Å². The first kappa shape index (κ1) is 9.24. The predicted molar refractivity (Wildman–Crippen MR) is 51.0 cm³/mol. The fraction of sp³-hybridized carbons (Fsp3) is 0.545. The minimum atomic E-state index is 0.329. The molecule has 0 unspecified atom stereocenters. The summed E-state index contributed by atoms with van der Waals surface area (Å²) in [6.45, 7) is 5.75. The third kappa shape index (κ3) is 2.65. The molecule has 0 saturated heterocycles. The van der Waals surface area contributed by atoms with E-state index in [9.17, 15) is 4.79 Å². The van der Waals surface area contributed by atoms with Gasteiger partial charge in [-0.25, -0.2) is 0 Å². The number of hydrogen-bond acceptors (Lipinski definition) is 1. The zero-order valence-electron chi connectivity index (χ0n) is 7.73. The lowest BCUT2D eigenvalue weighted by molar-refractivity contribution is -0.115. The molecule has 12 heavy (non-hydrogen) atoms. The second-order valence-corrected chi connectivity index (χ2v) is 3.50. The van der Waals surface area contributed by atoms with Crippen molar-refractivity contribution < 1.29 is 4.79 Å². The highest BCUT2D eigenvalue weighted by Crippen LogP contribution is 2.20. The molecule has 0 N–H and O–H groups in total. The van der Waals surface area contributed by atoms with Crippen molar-refractivity contribution in [3.8, 4) is 0 Å². The average molecular weight is 164 g/mol. The molecule has 1 heteroatoms. The Morgan fingerprint density at radius 1 is 1.58 bits per heavy atom. The lowest BCUT2D eigenvalue weighted by atomic mass is 10.0. The molecule has 0 aliphatic heterocycles. The van der Waals surface area contributed by atoms with Crippen LogP contribution in [0.15, 0.2) is 23.8 Å². The van der Waals surface area contributed by atoms with E-state index in [1.165, 1.54) is 0 Å². The average Bonchev–Trinajstić information content (AvgIpc) is 2.51. The van der Waals surface area contributed by atoms with E-state index in [0.29, 0.717) is 12.2 Å². The van der Waals surface area contributed by atoms with Crippen molar-refractivity contribution in [1.82, 2.24) is 0 Å². The Bertz CT molecular complexity index is 223. The van der Waals surface area contributed by atoms with E-state index in [1.807, 2.05) is 6.92 Å². The van der Waals surface area contributed by atoms with Gasteiger partial charge in [0, 0.05) is 6.42 Å². The maximum absolute atomic E-state index is 11.4. The van der Waals surface area contributed by atoms with Gasteiger partial charge in [0.25, 0.3) is 0 Å². The molecule has 1 rings (SSSR count). The number of hydrogen-bond donors (Lipinski definition) is 0. The standard InChI is InChI=1S/C11H16O/c1-9(2)7-8-11(12)10-5-3-4-6-10/h5H,1,3-4,6-8H2,2H3. The van der Waals surface area contributed by atoms with Gasteiger partial charge >= 0.3 is 0 Å². The van der Waals surface area contributed by atoms with Gasteiger partial charge < -0.3 is 0 Å². The quantitative estimate of drug-likeness (QED) is 0.584. The summed E-state index contributed by atoms with van der Waals surface area (Å²) in [6, 6.07) is 0. The number of Topliss-reactive ketones (excluding diaryl/α,β-unsaturated/α-hetero) is 1. The highest BCUT2D eigenvalue weighted by Gasteiger charge is 2.12. The zero-order valence-corrected chi connectivity index (χ0v) is 7.73.